The van der Waals surface area contributed by atoms with E-state index in [0.29, 0.717) is 11.4 Å². The molecule has 0 aromatic carbocycles. The van der Waals surface area contributed by atoms with Crippen LogP contribution in [-0.2, 0) is 0 Å². The summed E-state index contributed by atoms with van der Waals surface area (Å²) in [6.07, 6.45) is 5.05. The fourth-order valence-electron chi connectivity index (χ4n) is 1.09. The maximum absolute atomic E-state index is 12.6. The molecule has 0 radical (unpaired) electrons. The molecular formula is C9H8FN5O. The van der Waals surface area contributed by atoms with Crippen molar-refractivity contribution in [3.63, 3.8) is 0 Å². The predicted octanol–water partition coefficient (Wildman–Crippen LogP) is 1.56. The van der Waals surface area contributed by atoms with E-state index in [2.05, 4.69) is 20.3 Å². The highest BCUT2D eigenvalue weighted by Gasteiger charge is 2.03. The van der Waals surface area contributed by atoms with Crippen molar-refractivity contribution in [2.24, 2.45) is 0 Å². The summed E-state index contributed by atoms with van der Waals surface area (Å²) in [7, 11) is 0. The van der Waals surface area contributed by atoms with Crippen molar-refractivity contribution in [2.75, 3.05) is 10.8 Å². The van der Waals surface area contributed by atoms with Gasteiger partial charge in [0.15, 0.2) is 5.82 Å². The highest BCUT2D eigenvalue weighted by atomic mass is 19.1. The average molecular weight is 221 g/mol. The van der Waals surface area contributed by atoms with Crippen LogP contribution in [-0.4, -0.2) is 20.2 Å². The Balaban J connectivity index is 2.23. The van der Waals surface area contributed by atoms with Crippen LogP contribution in [0.2, 0.25) is 0 Å². The third-order valence-electron chi connectivity index (χ3n) is 1.81. The molecule has 3 N–H and O–H groups in total. The average Bonchev–Trinajstić information content (AvgIpc) is 2.33. The SMILES string of the molecule is ONc1cnccc1Nc1ncc(F)cn1. The molecule has 0 saturated carbocycles. The zero-order chi connectivity index (χ0) is 11.4. The van der Waals surface area contributed by atoms with Gasteiger partial charge in [0.05, 0.1) is 24.3 Å². The van der Waals surface area contributed by atoms with Crippen LogP contribution in [0.4, 0.5) is 21.7 Å². The molecule has 16 heavy (non-hydrogen) atoms. The zero-order valence-electron chi connectivity index (χ0n) is 8.05. The molecule has 7 heteroatoms. The molecule has 0 atom stereocenters. The monoisotopic (exact) mass is 221 g/mol. The first-order valence-corrected chi connectivity index (χ1v) is 4.38. The molecule has 2 aromatic heterocycles. The number of halogens is 1. The Morgan fingerprint density at radius 3 is 2.56 bits per heavy atom. The Morgan fingerprint density at radius 1 is 1.12 bits per heavy atom. The largest absolute Gasteiger partial charge is 0.322 e. The summed E-state index contributed by atoms with van der Waals surface area (Å²) in [5.74, 6) is -0.287. The number of hydrogen-bond acceptors (Lipinski definition) is 6. The van der Waals surface area contributed by atoms with Crippen molar-refractivity contribution in [3.05, 3.63) is 36.7 Å². The molecule has 0 aliphatic carbocycles. The Hall–Kier alpha value is -2.28. The number of pyridine rings is 1. The highest BCUT2D eigenvalue weighted by Crippen LogP contribution is 2.21. The topological polar surface area (TPSA) is 83.0 Å². The van der Waals surface area contributed by atoms with E-state index in [1.807, 2.05) is 5.48 Å². The molecule has 2 aromatic rings. The van der Waals surface area contributed by atoms with Gasteiger partial charge in [-0.05, 0) is 6.07 Å². The molecule has 2 rings (SSSR count). The number of anilines is 3. The minimum atomic E-state index is -0.513. The van der Waals surface area contributed by atoms with Crippen molar-refractivity contribution in [1.29, 1.82) is 0 Å². The van der Waals surface area contributed by atoms with Crippen LogP contribution in [0.25, 0.3) is 0 Å². The molecule has 0 aliphatic heterocycles. The van der Waals surface area contributed by atoms with Crippen LogP contribution >= 0.6 is 0 Å². The maximum Gasteiger partial charge on any atom is 0.227 e. The molecule has 0 amide bonds. The van der Waals surface area contributed by atoms with Crippen molar-refractivity contribution in [2.45, 2.75) is 0 Å². The molecule has 0 aliphatic rings. The van der Waals surface area contributed by atoms with Crippen molar-refractivity contribution >= 4 is 17.3 Å². The number of rotatable bonds is 3. The first kappa shape index (κ1) is 10.2. The van der Waals surface area contributed by atoms with Gasteiger partial charge in [-0.15, -0.1) is 0 Å². The van der Waals surface area contributed by atoms with Crippen LogP contribution in [0.3, 0.4) is 0 Å². The number of aromatic nitrogens is 3. The molecular weight excluding hydrogens is 213 g/mol. The smallest absolute Gasteiger partial charge is 0.227 e. The van der Waals surface area contributed by atoms with Gasteiger partial charge >= 0.3 is 0 Å². The Labute approximate surface area is 90.2 Å². The summed E-state index contributed by atoms with van der Waals surface area (Å²) in [6.45, 7) is 0. The minimum absolute atomic E-state index is 0.226. The summed E-state index contributed by atoms with van der Waals surface area (Å²) in [6, 6.07) is 1.62. The Kier molecular flexibility index (Phi) is 2.88. The number of hydrogen-bond donors (Lipinski definition) is 3. The second-order valence-electron chi connectivity index (χ2n) is 2.88. The van der Waals surface area contributed by atoms with Gasteiger partial charge in [0.25, 0.3) is 0 Å². The minimum Gasteiger partial charge on any atom is -0.322 e. The predicted molar refractivity (Wildman–Crippen MR) is 54.9 cm³/mol. The summed E-state index contributed by atoms with van der Waals surface area (Å²) < 4.78 is 12.6. The Morgan fingerprint density at radius 2 is 1.88 bits per heavy atom. The van der Waals surface area contributed by atoms with Gasteiger partial charge in [-0.3, -0.25) is 15.7 Å². The highest BCUT2D eigenvalue weighted by molar-refractivity contribution is 5.70. The molecule has 0 saturated heterocycles. The summed E-state index contributed by atoms with van der Waals surface area (Å²) >= 11 is 0. The van der Waals surface area contributed by atoms with E-state index in [1.54, 1.807) is 6.07 Å². The third-order valence-corrected chi connectivity index (χ3v) is 1.81. The van der Waals surface area contributed by atoms with E-state index < -0.39 is 5.82 Å². The van der Waals surface area contributed by atoms with E-state index in [9.17, 15) is 4.39 Å². The Bertz CT molecular complexity index is 476. The second kappa shape index (κ2) is 4.49. The molecule has 0 spiro atoms. The summed E-state index contributed by atoms with van der Waals surface area (Å²) in [4.78, 5) is 11.3. The van der Waals surface area contributed by atoms with Crippen molar-refractivity contribution < 1.29 is 9.60 Å². The van der Waals surface area contributed by atoms with Crippen molar-refractivity contribution in [1.82, 2.24) is 15.0 Å². The van der Waals surface area contributed by atoms with E-state index >= 15 is 0 Å². The van der Waals surface area contributed by atoms with Crippen LogP contribution in [0.15, 0.2) is 30.9 Å². The number of nitrogens with zero attached hydrogens (tertiary/aromatic N) is 3. The fraction of sp³-hybridized carbons (Fsp3) is 0. The van der Waals surface area contributed by atoms with Crippen LogP contribution in [0.5, 0.6) is 0 Å². The lowest BCUT2D eigenvalue weighted by molar-refractivity contribution is 0.389. The van der Waals surface area contributed by atoms with Crippen LogP contribution in [0.1, 0.15) is 0 Å². The van der Waals surface area contributed by atoms with Crippen LogP contribution < -0.4 is 10.8 Å². The standard InChI is InChI=1S/C9H8FN5O/c10-6-3-12-9(13-4-6)14-7-1-2-11-5-8(7)15-16/h1-5,15-16H,(H,11,12,13,14). The van der Waals surface area contributed by atoms with Gasteiger partial charge in [0, 0.05) is 6.20 Å². The number of nitrogens with one attached hydrogen (secondary N) is 2. The van der Waals surface area contributed by atoms with Gasteiger partial charge in [-0.1, -0.05) is 0 Å². The van der Waals surface area contributed by atoms with Gasteiger partial charge < -0.3 is 5.32 Å². The molecule has 0 fully saturated rings. The normalized spacial score (nSPS) is 9.88. The maximum atomic E-state index is 12.6. The first-order valence-electron chi connectivity index (χ1n) is 4.38. The fourth-order valence-corrected chi connectivity index (χ4v) is 1.09. The molecule has 6 nitrogen and oxygen atoms in total. The quantitative estimate of drug-likeness (QED) is 0.682. The second-order valence-corrected chi connectivity index (χ2v) is 2.88. The van der Waals surface area contributed by atoms with E-state index in [0.717, 1.165) is 12.4 Å². The first-order chi connectivity index (χ1) is 7.79. The van der Waals surface area contributed by atoms with Gasteiger partial charge in [-0.2, -0.15) is 0 Å². The lowest BCUT2D eigenvalue weighted by Crippen LogP contribution is -2.01. The lowest BCUT2D eigenvalue weighted by atomic mass is 10.3. The van der Waals surface area contributed by atoms with Gasteiger partial charge in [-0.25, -0.2) is 14.4 Å². The van der Waals surface area contributed by atoms with Crippen LogP contribution in [0, 0.1) is 5.82 Å². The molecule has 82 valence electrons. The molecule has 0 bridgehead atoms. The molecule has 2 heterocycles. The lowest BCUT2D eigenvalue weighted by Gasteiger charge is -2.08. The van der Waals surface area contributed by atoms with E-state index in [1.165, 1.54) is 12.4 Å². The third kappa shape index (κ3) is 2.20. The van der Waals surface area contributed by atoms with Gasteiger partial charge in [0.2, 0.25) is 5.95 Å². The van der Waals surface area contributed by atoms with E-state index in [4.69, 9.17) is 5.21 Å². The zero-order valence-corrected chi connectivity index (χ0v) is 8.05. The van der Waals surface area contributed by atoms with Gasteiger partial charge in [0.1, 0.15) is 5.69 Å². The summed E-state index contributed by atoms with van der Waals surface area (Å²) in [5, 5.41) is 11.6. The van der Waals surface area contributed by atoms with E-state index in [-0.39, 0.29) is 5.95 Å². The molecule has 0 unspecified atom stereocenters. The van der Waals surface area contributed by atoms with Crippen molar-refractivity contribution in [3.8, 4) is 0 Å². The summed E-state index contributed by atoms with van der Waals surface area (Å²) in [5.41, 5.74) is 2.87.